The van der Waals surface area contributed by atoms with E-state index in [0.29, 0.717) is 5.69 Å². The maximum Gasteiger partial charge on any atom is 0.271 e. The molecule has 0 saturated heterocycles. The molecule has 0 unspecified atom stereocenters. The lowest BCUT2D eigenvalue weighted by Crippen LogP contribution is -2.18. The lowest BCUT2D eigenvalue weighted by Gasteiger charge is -2.07. The zero-order valence-corrected chi connectivity index (χ0v) is 11.0. The maximum absolute atomic E-state index is 13.2. The van der Waals surface area contributed by atoms with Crippen LogP contribution in [0.25, 0.3) is 5.69 Å². The van der Waals surface area contributed by atoms with Gasteiger partial charge < -0.3 is 11.1 Å². The zero-order chi connectivity index (χ0) is 13.3. The summed E-state index contributed by atoms with van der Waals surface area (Å²) >= 11 is 3.08. The van der Waals surface area contributed by atoms with E-state index in [-0.39, 0.29) is 21.8 Å². The monoisotopic (exact) mass is 312 g/mol. The standard InChI is InChI=1S/C11H10BrFN4O/c1-15-11(18)9-2-3-17(16-9)10-4-6(12)7(13)5-8(10)14/h2-5H,14H2,1H3,(H,15,18). The number of amides is 1. The number of halogens is 2. The first-order valence-corrected chi connectivity index (χ1v) is 5.85. The number of nitrogen functional groups attached to an aromatic ring is 1. The van der Waals surface area contributed by atoms with Gasteiger partial charge in [-0.25, -0.2) is 9.07 Å². The number of hydrogen-bond acceptors (Lipinski definition) is 3. The first-order chi connectivity index (χ1) is 8.52. The fraction of sp³-hybridized carbons (Fsp3) is 0.0909. The molecule has 94 valence electrons. The van der Waals surface area contributed by atoms with Gasteiger partial charge in [0.1, 0.15) is 5.82 Å². The van der Waals surface area contributed by atoms with Crippen molar-refractivity contribution in [2.24, 2.45) is 0 Å². The number of nitrogens with zero attached hydrogens (tertiary/aromatic N) is 2. The highest BCUT2D eigenvalue weighted by Crippen LogP contribution is 2.25. The molecule has 7 heteroatoms. The summed E-state index contributed by atoms with van der Waals surface area (Å²) in [6, 6.07) is 4.25. The Hall–Kier alpha value is -1.89. The van der Waals surface area contributed by atoms with Crippen LogP contribution < -0.4 is 11.1 Å². The highest BCUT2D eigenvalue weighted by molar-refractivity contribution is 9.10. The molecule has 0 bridgehead atoms. The van der Waals surface area contributed by atoms with Gasteiger partial charge in [0.15, 0.2) is 5.69 Å². The number of aromatic nitrogens is 2. The average Bonchev–Trinajstić information content (AvgIpc) is 2.82. The summed E-state index contributed by atoms with van der Waals surface area (Å²) < 4.78 is 14.9. The topological polar surface area (TPSA) is 72.9 Å². The van der Waals surface area contributed by atoms with Crippen molar-refractivity contribution in [1.82, 2.24) is 15.1 Å². The molecule has 0 fully saturated rings. The van der Waals surface area contributed by atoms with Gasteiger partial charge in [-0.2, -0.15) is 5.10 Å². The minimum atomic E-state index is -0.449. The average molecular weight is 313 g/mol. The Kier molecular flexibility index (Phi) is 3.33. The summed E-state index contributed by atoms with van der Waals surface area (Å²) in [4.78, 5) is 11.4. The van der Waals surface area contributed by atoms with Gasteiger partial charge >= 0.3 is 0 Å². The minimum absolute atomic E-state index is 0.238. The second-order valence-electron chi connectivity index (χ2n) is 3.55. The SMILES string of the molecule is CNC(=O)c1ccn(-c2cc(Br)c(F)cc2N)n1. The molecular formula is C11H10BrFN4O. The number of benzene rings is 1. The third-order valence-electron chi connectivity index (χ3n) is 2.37. The molecule has 5 nitrogen and oxygen atoms in total. The first kappa shape index (κ1) is 12.6. The summed E-state index contributed by atoms with van der Waals surface area (Å²) in [6.07, 6.45) is 1.58. The molecule has 1 amide bonds. The van der Waals surface area contributed by atoms with Gasteiger partial charge in [0.2, 0.25) is 0 Å². The predicted molar refractivity (Wildman–Crippen MR) is 69.0 cm³/mol. The highest BCUT2D eigenvalue weighted by Gasteiger charge is 2.11. The van der Waals surface area contributed by atoms with E-state index in [2.05, 4.69) is 26.3 Å². The third-order valence-corrected chi connectivity index (χ3v) is 2.97. The van der Waals surface area contributed by atoms with E-state index in [4.69, 9.17) is 5.73 Å². The van der Waals surface area contributed by atoms with Crippen molar-refractivity contribution in [2.45, 2.75) is 0 Å². The van der Waals surface area contributed by atoms with Gasteiger partial charge in [-0.3, -0.25) is 4.79 Å². The molecule has 0 aliphatic carbocycles. The second-order valence-corrected chi connectivity index (χ2v) is 4.40. The molecule has 1 aromatic carbocycles. The molecule has 0 spiro atoms. The lowest BCUT2D eigenvalue weighted by molar-refractivity contribution is 0.0957. The molecule has 2 aromatic rings. The van der Waals surface area contributed by atoms with Crippen LogP contribution in [0, 0.1) is 5.82 Å². The van der Waals surface area contributed by atoms with Crippen molar-refractivity contribution in [3.63, 3.8) is 0 Å². The van der Waals surface area contributed by atoms with Gasteiger partial charge in [0.05, 0.1) is 15.8 Å². The summed E-state index contributed by atoms with van der Waals surface area (Å²) in [5.41, 5.74) is 6.72. The van der Waals surface area contributed by atoms with E-state index in [1.165, 1.54) is 23.9 Å². The predicted octanol–water partition coefficient (Wildman–Crippen LogP) is 1.72. The number of carbonyl (C=O) groups excluding carboxylic acids is 1. The highest BCUT2D eigenvalue weighted by atomic mass is 79.9. The van der Waals surface area contributed by atoms with Crippen LogP contribution in [-0.2, 0) is 0 Å². The fourth-order valence-electron chi connectivity index (χ4n) is 1.46. The molecule has 0 radical (unpaired) electrons. The van der Waals surface area contributed by atoms with Gasteiger partial charge in [0, 0.05) is 19.3 Å². The van der Waals surface area contributed by atoms with Crippen molar-refractivity contribution in [2.75, 3.05) is 12.8 Å². The first-order valence-electron chi connectivity index (χ1n) is 5.05. The molecule has 0 aliphatic rings. The normalized spacial score (nSPS) is 10.4. The molecule has 1 heterocycles. The van der Waals surface area contributed by atoms with Crippen LogP contribution in [0.15, 0.2) is 28.9 Å². The third kappa shape index (κ3) is 2.21. The Bertz CT molecular complexity index is 611. The zero-order valence-electron chi connectivity index (χ0n) is 9.45. The van der Waals surface area contributed by atoms with Gasteiger partial charge in [-0.15, -0.1) is 0 Å². The summed E-state index contributed by atoms with van der Waals surface area (Å²) in [5.74, 6) is -0.747. The smallest absolute Gasteiger partial charge is 0.271 e. The van der Waals surface area contributed by atoms with Crippen molar-refractivity contribution < 1.29 is 9.18 Å². The molecular weight excluding hydrogens is 303 g/mol. The lowest BCUT2D eigenvalue weighted by atomic mass is 10.2. The van der Waals surface area contributed by atoms with E-state index in [1.807, 2.05) is 0 Å². The number of nitrogens with one attached hydrogen (secondary N) is 1. The molecule has 18 heavy (non-hydrogen) atoms. The quantitative estimate of drug-likeness (QED) is 0.829. The van der Waals surface area contributed by atoms with Crippen LogP contribution in [0.3, 0.4) is 0 Å². The van der Waals surface area contributed by atoms with Gasteiger partial charge in [-0.05, 0) is 28.1 Å². The Labute approximate surface area is 111 Å². The van der Waals surface area contributed by atoms with Crippen LogP contribution >= 0.6 is 15.9 Å². The Balaban J connectivity index is 2.46. The number of carbonyl (C=O) groups is 1. The van der Waals surface area contributed by atoms with Crippen LogP contribution in [0.2, 0.25) is 0 Å². The number of nitrogens with two attached hydrogens (primary N) is 1. The van der Waals surface area contributed by atoms with Crippen LogP contribution in [-0.4, -0.2) is 22.7 Å². The number of anilines is 1. The van der Waals surface area contributed by atoms with E-state index in [0.717, 1.165) is 0 Å². The Morgan fingerprint density at radius 3 is 2.94 bits per heavy atom. The van der Waals surface area contributed by atoms with Crippen LogP contribution in [0.5, 0.6) is 0 Å². The molecule has 0 atom stereocenters. The van der Waals surface area contributed by atoms with E-state index >= 15 is 0 Å². The molecule has 0 aliphatic heterocycles. The molecule has 1 aromatic heterocycles. The summed E-state index contributed by atoms with van der Waals surface area (Å²) in [6.45, 7) is 0. The van der Waals surface area contributed by atoms with E-state index in [1.54, 1.807) is 12.3 Å². The van der Waals surface area contributed by atoms with Crippen LogP contribution in [0.4, 0.5) is 10.1 Å². The van der Waals surface area contributed by atoms with Crippen molar-refractivity contribution in [1.29, 1.82) is 0 Å². The summed E-state index contributed by atoms with van der Waals surface area (Å²) in [5, 5.41) is 6.53. The van der Waals surface area contributed by atoms with E-state index in [9.17, 15) is 9.18 Å². The van der Waals surface area contributed by atoms with Crippen molar-refractivity contribution in [3.05, 3.63) is 40.4 Å². The molecule has 3 N–H and O–H groups in total. The number of rotatable bonds is 2. The van der Waals surface area contributed by atoms with Crippen LogP contribution in [0.1, 0.15) is 10.5 Å². The van der Waals surface area contributed by atoms with Crippen molar-refractivity contribution >= 4 is 27.5 Å². The minimum Gasteiger partial charge on any atom is -0.397 e. The number of hydrogen-bond donors (Lipinski definition) is 2. The molecule has 2 rings (SSSR count). The molecule has 0 saturated carbocycles. The van der Waals surface area contributed by atoms with Gasteiger partial charge in [-0.1, -0.05) is 0 Å². The van der Waals surface area contributed by atoms with E-state index < -0.39 is 5.82 Å². The maximum atomic E-state index is 13.2. The van der Waals surface area contributed by atoms with Crippen molar-refractivity contribution in [3.8, 4) is 5.69 Å². The largest absolute Gasteiger partial charge is 0.397 e. The Morgan fingerprint density at radius 1 is 1.56 bits per heavy atom. The Morgan fingerprint density at radius 2 is 2.28 bits per heavy atom. The fourth-order valence-corrected chi connectivity index (χ4v) is 1.79. The second kappa shape index (κ2) is 4.77. The summed E-state index contributed by atoms with van der Waals surface area (Å²) in [7, 11) is 1.52. The van der Waals surface area contributed by atoms with Gasteiger partial charge in [0.25, 0.3) is 5.91 Å².